The first-order chi connectivity index (χ1) is 10.3. The molecule has 0 rings (SSSR count). The molecular weight excluding hydrogens is 287 g/mol. The molecule has 0 bridgehead atoms. The predicted molar refractivity (Wildman–Crippen MR) is 87.8 cm³/mol. The Morgan fingerprint density at radius 2 is 1.33 bits per heavy atom. The molecule has 0 aliphatic rings. The van der Waals surface area contributed by atoms with Gasteiger partial charge in [0.1, 0.15) is 0 Å². The lowest BCUT2D eigenvalue weighted by molar-refractivity contribution is 0.0608. The molecule has 0 amide bonds. The van der Waals surface area contributed by atoms with Gasteiger partial charge < -0.3 is 9.47 Å². The second-order valence-corrected chi connectivity index (χ2v) is 6.22. The summed E-state index contributed by atoms with van der Waals surface area (Å²) in [5, 5.41) is 0. The molecule has 1 N–H and O–H groups in total. The van der Waals surface area contributed by atoms with Crippen molar-refractivity contribution in [3.8, 4) is 0 Å². The van der Waals surface area contributed by atoms with Crippen molar-refractivity contribution in [3.05, 3.63) is 12.7 Å². The summed E-state index contributed by atoms with van der Waals surface area (Å²) < 4.78 is 20.7. The van der Waals surface area contributed by atoms with Crippen molar-refractivity contribution < 1.29 is 18.9 Å². The number of hydrogen-bond donors (Lipinski definition) is 1. The van der Waals surface area contributed by atoms with Crippen molar-refractivity contribution in [1.29, 1.82) is 0 Å². The van der Waals surface area contributed by atoms with Crippen LogP contribution in [0.4, 0.5) is 0 Å². The Labute approximate surface area is 130 Å². The second-order valence-electron chi connectivity index (χ2n) is 5.26. The minimum atomic E-state index is -2.18. The van der Waals surface area contributed by atoms with Crippen LogP contribution in [-0.4, -0.2) is 31.1 Å². The smallest absolute Gasteiger partial charge is 0.379 e. The molecule has 0 saturated heterocycles. The van der Waals surface area contributed by atoms with E-state index in [1.54, 1.807) is 0 Å². The zero-order chi connectivity index (χ0) is 15.6. The molecule has 21 heavy (non-hydrogen) atoms. The van der Waals surface area contributed by atoms with Gasteiger partial charge in [-0.2, -0.15) is 4.89 Å². The van der Waals surface area contributed by atoms with Crippen LogP contribution in [-0.2, 0) is 14.0 Å². The maximum Gasteiger partial charge on any atom is 0.534 e. The zero-order valence-corrected chi connectivity index (χ0v) is 14.2. The summed E-state index contributed by atoms with van der Waals surface area (Å²) in [6.45, 7) is 5.40. The number of ether oxygens (including phenoxy) is 2. The fourth-order valence-corrected chi connectivity index (χ4v) is 2.38. The van der Waals surface area contributed by atoms with Crippen molar-refractivity contribution in [2.24, 2.45) is 0 Å². The van der Waals surface area contributed by atoms with Crippen LogP contribution in [0.5, 0.6) is 0 Å². The van der Waals surface area contributed by atoms with Crippen LogP contribution >= 0.6 is 8.03 Å². The summed E-state index contributed by atoms with van der Waals surface area (Å²) in [6, 6.07) is 0. The Morgan fingerprint density at radius 3 is 1.90 bits per heavy atom. The number of allylic oxidation sites excluding steroid dienone is 1. The first-order valence-electron chi connectivity index (χ1n) is 8.17. The summed E-state index contributed by atoms with van der Waals surface area (Å²) >= 11 is 0. The maximum absolute atomic E-state index is 10.3. The first-order valence-corrected chi connectivity index (χ1v) is 9.57. The summed E-state index contributed by atoms with van der Waals surface area (Å²) in [6.07, 6.45) is 14.7. The van der Waals surface area contributed by atoms with Crippen molar-refractivity contribution >= 4 is 8.03 Å². The molecule has 0 aliphatic heterocycles. The molecule has 5 heteroatoms. The van der Waals surface area contributed by atoms with E-state index in [0.29, 0.717) is 13.2 Å². The summed E-state index contributed by atoms with van der Waals surface area (Å²) in [5.41, 5.74) is 0. The molecule has 1 unspecified atom stereocenters. The van der Waals surface area contributed by atoms with Gasteiger partial charge in [0.05, 0.1) is 13.2 Å². The third-order valence-electron chi connectivity index (χ3n) is 3.27. The summed E-state index contributed by atoms with van der Waals surface area (Å²) in [7, 11) is -2.18. The van der Waals surface area contributed by atoms with E-state index in [-0.39, 0.29) is 6.35 Å². The molecule has 0 fully saturated rings. The van der Waals surface area contributed by atoms with Crippen LogP contribution in [0.1, 0.15) is 64.2 Å². The molecule has 0 aromatic heterocycles. The maximum atomic E-state index is 10.3. The Morgan fingerprint density at radius 1 is 0.810 bits per heavy atom. The number of unbranched alkanes of at least 4 members (excludes halogenated alkanes) is 9. The molecule has 0 radical (unpaired) electrons. The van der Waals surface area contributed by atoms with Crippen LogP contribution in [0.3, 0.4) is 0 Å². The lowest BCUT2D eigenvalue weighted by atomic mass is 10.1. The van der Waals surface area contributed by atoms with Gasteiger partial charge >= 0.3 is 8.03 Å². The van der Waals surface area contributed by atoms with Crippen LogP contribution in [0, 0.1) is 0 Å². The van der Waals surface area contributed by atoms with E-state index in [9.17, 15) is 4.57 Å². The van der Waals surface area contributed by atoms with Crippen LogP contribution in [0.25, 0.3) is 0 Å². The van der Waals surface area contributed by atoms with E-state index >= 15 is 0 Å². The SMILES string of the molecule is C=CCCCCCCCCCCCOCCOC[P+](=O)O. The highest BCUT2D eigenvalue weighted by molar-refractivity contribution is 7.37. The number of hydrogen-bond acceptors (Lipinski definition) is 3. The van der Waals surface area contributed by atoms with E-state index in [4.69, 9.17) is 14.4 Å². The normalized spacial score (nSPS) is 11.6. The van der Waals surface area contributed by atoms with Gasteiger partial charge in [-0.25, -0.2) is 0 Å². The van der Waals surface area contributed by atoms with Crippen LogP contribution in [0.15, 0.2) is 12.7 Å². The highest BCUT2D eigenvalue weighted by Gasteiger charge is 2.08. The second kappa shape index (κ2) is 17.8. The van der Waals surface area contributed by atoms with Gasteiger partial charge in [0.25, 0.3) is 6.35 Å². The minimum Gasteiger partial charge on any atom is -0.379 e. The van der Waals surface area contributed by atoms with Crippen molar-refractivity contribution in [3.63, 3.8) is 0 Å². The lowest BCUT2D eigenvalue weighted by Crippen LogP contribution is -2.04. The van der Waals surface area contributed by atoms with E-state index < -0.39 is 8.03 Å². The van der Waals surface area contributed by atoms with Gasteiger partial charge in [0.2, 0.25) is 0 Å². The Kier molecular flexibility index (Phi) is 17.5. The molecular formula is C16H32O4P+. The van der Waals surface area contributed by atoms with Gasteiger partial charge in [-0.15, -0.1) is 6.58 Å². The standard InChI is InChI=1S/C16H31O4P/c1-2-3-4-5-6-7-8-9-10-11-12-13-19-14-15-20-16-21(17)18/h2H,1,3-16H2/p+1. The largest absolute Gasteiger partial charge is 0.534 e. The fourth-order valence-electron chi connectivity index (χ4n) is 2.09. The average Bonchev–Trinajstić information content (AvgIpc) is 2.46. The van der Waals surface area contributed by atoms with Crippen LogP contribution < -0.4 is 0 Å². The first kappa shape index (κ1) is 20.7. The van der Waals surface area contributed by atoms with Gasteiger partial charge in [-0.05, 0) is 23.8 Å². The van der Waals surface area contributed by atoms with Crippen molar-refractivity contribution in [2.75, 3.05) is 26.2 Å². The summed E-state index contributed by atoms with van der Waals surface area (Å²) in [5.74, 6) is 0. The van der Waals surface area contributed by atoms with Crippen LogP contribution in [0.2, 0.25) is 0 Å². The monoisotopic (exact) mass is 319 g/mol. The molecule has 0 aliphatic carbocycles. The van der Waals surface area contributed by atoms with Gasteiger partial charge in [-0.1, -0.05) is 51.0 Å². The molecule has 1 atom stereocenters. The quantitative estimate of drug-likeness (QED) is 0.238. The third kappa shape index (κ3) is 19.7. The lowest BCUT2D eigenvalue weighted by Gasteiger charge is -2.04. The Bertz CT molecular complexity index is 246. The van der Waals surface area contributed by atoms with Gasteiger partial charge in [0, 0.05) is 6.61 Å². The topological polar surface area (TPSA) is 55.8 Å². The van der Waals surface area contributed by atoms with E-state index in [1.807, 2.05) is 6.08 Å². The fraction of sp³-hybridized carbons (Fsp3) is 0.875. The van der Waals surface area contributed by atoms with Gasteiger partial charge in [-0.3, -0.25) is 0 Å². The highest BCUT2D eigenvalue weighted by atomic mass is 31.1. The molecule has 0 saturated carbocycles. The average molecular weight is 319 g/mol. The molecule has 124 valence electrons. The van der Waals surface area contributed by atoms with Crippen molar-refractivity contribution in [1.82, 2.24) is 0 Å². The van der Waals surface area contributed by atoms with E-state index in [0.717, 1.165) is 19.4 Å². The van der Waals surface area contributed by atoms with Crippen molar-refractivity contribution in [2.45, 2.75) is 64.2 Å². The highest BCUT2D eigenvalue weighted by Crippen LogP contribution is 2.12. The predicted octanol–water partition coefficient (Wildman–Crippen LogP) is 4.80. The summed E-state index contributed by atoms with van der Waals surface area (Å²) in [4.78, 5) is 8.51. The molecule has 0 aromatic carbocycles. The van der Waals surface area contributed by atoms with Gasteiger partial charge in [0.15, 0.2) is 0 Å². The molecule has 0 aromatic rings. The zero-order valence-electron chi connectivity index (χ0n) is 13.3. The molecule has 0 heterocycles. The Hall–Kier alpha value is -0.280. The molecule has 0 spiro atoms. The molecule has 4 nitrogen and oxygen atoms in total. The third-order valence-corrected chi connectivity index (χ3v) is 3.67. The van der Waals surface area contributed by atoms with E-state index in [2.05, 4.69) is 6.58 Å². The Balaban J connectivity index is 2.96. The van der Waals surface area contributed by atoms with E-state index in [1.165, 1.54) is 51.4 Å². The minimum absolute atomic E-state index is 0.0910. The number of rotatable bonds is 17.